The molecule has 28 heavy (non-hydrogen) atoms. The van der Waals surface area contributed by atoms with Gasteiger partial charge in [0.2, 0.25) is 5.91 Å². The molecule has 0 fully saturated rings. The van der Waals surface area contributed by atoms with Gasteiger partial charge in [0.05, 0.1) is 6.10 Å². The van der Waals surface area contributed by atoms with Crippen LogP contribution in [0, 0.1) is 12.3 Å². The van der Waals surface area contributed by atoms with Crippen molar-refractivity contribution in [1.82, 2.24) is 0 Å². The third kappa shape index (κ3) is 8.55. The molecule has 1 radical (unpaired) electrons. The largest absolute Gasteiger partial charge is 0.573 e. The zero-order valence-electron chi connectivity index (χ0n) is 15.2. The molecule has 10 heteroatoms. The molecule has 0 heterocycles. The Hall–Kier alpha value is -2.36. The minimum atomic E-state index is -4.78. The number of amides is 2. The first-order valence-corrected chi connectivity index (χ1v) is 8.44. The molecule has 0 aliphatic rings. The standard InChI is InChI=1S/C18H23F4N2O4/c1-17(19,16(24)27)9-8-12(15(23)26)10-13(25)5-2-11-3-6-14(7-4-11)28-18(20,21)22/h3-7,12-13,25H,2,8-10H2,1H3,(H2,23,26)(H2,24,27). The Labute approximate surface area is 159 Å². The first-order chi connectivity index (χ1) is 12.8. The van der Waals surface area contributed by atoms with Crippen LogP contribution in [0.25, 0.3) is 0 Å². The number of hydrogen-bond acceptors (Lipinski definition) is 4. The maximum Gasteiger partial charge on any atom is 0.573 e. The minimum Gasteiger partial charge on any atom is -0.406 e. The molecule has 1 aromatic rings. The SMILES string of the molecule is CC(F)(CCC(CC(O)[CH]Cc1ccc(OC(F)(F)F)cc1)C(N)=O)C(N)=O. The summed E-state index contributed by atoms with van der Waals surface area (Å²) in [6.07, 6.45) is -4.66. The fourth-order valence-corrected chi connectivity index (χ4v) is 2.43. The van der Waals surface area contributed by atoms with Crippen molar-refractivity contribution in [2.75, 3.05) is 0 Å². The van der Waals surface area contributed by atoms with E-state index in [2.05, 4.69) is 4.74 Å². The van der Waals surface area contributed by atoms with Crippen molar-refractivity contribution in [3.8, 4) is 5.75 Å². The molecule has 1 rings (SSSR count). The zero-order valence-corrected chi connectivity index (χ0v) is 15.2. The summed E-state index contributed by atoms with van der Waals surface area (Å²) in [5, 5.41) is 10.1. The molecule has 0 bridgehead atoms. The highest BCUT2D eigenvalue weighted by Crippen LogP contribution is 2.25. The van der Waals surface area contributed by atoms with Gasteiger partial charge in [0.15, 0.2) is 5.67 Å². The molecule has 157 valence electrons. The van der Waals surface area contributed by atoms with Gasteiger partial charge in [-0.05, 0) is 56.7 Å². The summed E-state index contributed by atoms with van der Waals surface area (Å²) in [6.45, 7) is 1.00. The van der Waals surface area contributed by atoms with Crippen LogP contribution in [-0.2, 0) is 16.0 Å². The summed E-state index contributed by atoms with van der Waals surface area (Å²) < 4.78 is 54.0. The number of rotatable bonds is 11. The second kappa shape index (κ2) is 9.72. The highest BCUT2D eigenvalue weighted by molar-refractivity contribution is 5.83. The first kappa shape index (κ1) is 23.7. The van der Waals surface area contributed by atoms with Crippen LogP contribution in [-0.4, -0.2) is 35.1 Å². The molecule has 0 aliphatic heterocycles. The van der Waals surface area contributed by atoms with Crippen molar-refractivity contribution in [2.24, 2.45) is 17.4 Å². The van der Waals surface area contributed by atoms with Gasteiger partial charge in [-0.3, -0.25) is 9.59 Å². The van der Waals surface area contributed by atoms with E-state index < -0.39 is 35.9 Å². The van der Waals surface area contributed by atoms with Crippen LogP contribution in [0.3, 0.4) is 0 Å². The highest BCUT2D eigenvalue weighted by Gasteiger charge is 2.33. The normalized spacial score (nSPS) is 16.1. The quantitative estimate of drug-likeness (QED) is 0.488. The lowest BCUT2D eigenvalue weighted by Gasteiger charge is -2.21. The number of halogens is 4. The Morgan fingerprint density at radius 1 is 1.18 bits per heavy atom. The number of carbonyl (C=O) groups is 2. The maximum atomic E-state index is 13.9. The molecule has 0 aromatic heterocycles. The van der Waals surface area contributed by atoms with Gasteiger partial charge >= 0.3 is 6.36 Å². The van der Waals surface area contributed by atoms with Crippen LogP contribution >= 0.6 is 0 Å². The lowest BCUT2D eigenvalue weighted by molar-refractivity contribution is -0.274. The molecule has 0 spiro atoms. The first-order valence-electron chi connectivity index (χ1n) is 8.44. The minimum absolute atomic E-state index is 0.0698. The van der Waals surface area contributed by atoms with Crippen LogP contribution in [0.2, 0.25) is 0 Å². The van der Waals surface area contributed by atoms with E-state index in [4.69, 9.17) is 11.5 Å². The average Bonchev–Trinajstić information content (AvgIpc) is 2.56. The van der Waals surface area contributed by atoms with Gasteiger partial charge in [-0.1, -0.05) is 12.1 Å². The molecule has 2 amide bonds. The summed E-state index contributed by atoms with van der Waals surface area (Å²) in [5.41, 5.74) is 8.51. The molecular formula is C18H23F4N2O4. The van der Waals surface area contributed by atoms with E-state index in [0.29, 0.717) is 5.56 Å². The number of carbonyl (C=O) groups excluding carboxylic acids is 2. The van der Waals surface area contributed by atoms with Gasteiger partial charge in [-0.2, -0.15) is 0 Å². The van der Waals surface area contributed by atoms with Crippen molar-refractivity contribution in [3.05, 3.63) is 36.2 Å². The van der Waals surface area contributed by atoms with Crippen molar-refractivity contribution in [3.63, 3.8) is 0 Å². The van der Waals surface area contributed by atoms with E-state index in [1.807, 2.05) is 0 Å². The Morgan fingerprint density at radius 2 is 1.75 bits per heavy atom. The summed E-state index contributed by atoms with van der Waals surface area (Å²) in [4.78, 5) is 22.5. The molecule has 3 atom stereocenters. The highest BCUT2D eigenvalue weighted by atomic mass is 19.4. The van der Waals surface area contributed by atoms with E-state index in [0.717, 1.165) is 19.1 Å². The number of alkyl halides is 4. The number of aliphatic hydroxyl groups is 1. The summed E-state index contributed by atoms with van der Waals surface area (Å²) in [7, 11) is 0. The number of benzene rings is 1. The Morgan fingerprint density at radius 3 is 2.21 bits per heavy atom. The topological polar surface area (TPSA) is 116 Å². The molecule has 3 unspecified atom stereocenters. The third-order valence-electron chi connectivity index (χ3n) is 4.19. The van der Waals surface area contributed by atoms with E-state index in [9.17, 15) is 32.3 Å². The molecular weight excluding hydrogens is 384 g/mol. The van der Waals surface area contributed by atoms with E-state index in [1.165, 1.54) is 18.6 Å². The summed E-state index contributed by atoms with van der Waals surface area (Å²) in [6, 6.07) is 5.08. The fourth-order valence-electron chi connectivity index (χ4n) is 2.43. The van der Waals surface area contributed by atoms with Gasteiger partial charge in [0, 0.05) is 5.92 Å². The van der Waals surface area contributed by atoms with Crippen molar-refractivity contribution < 1.29 is 37.0 Å². The lowest BCUT2D eigenvalue weighted by Crippen LogP contribution is -2.38. The van der Waals surface area contributed by atoms with Crippen molar-refractivity contribution >= 4 is 11.8 Å². The van der Waals surface area contributed by atoms with Crippen LogP contribution in [0.4, 0.5) is 17.6 Å². The Bertz CT molecular complexity index is 663. The maximum absolute atomic E-state index is 13.9. The second-order valence-electron chi connectivity index (χ2n) is 6.63. The van der Waals surface area contributed by atoms with Gasteiger partial charge in [0.25, 0.3) is 5.91 Å². The fraction of sp³-hybridized carbons (Fsp3) is 0.500. The molecule has 0 aliphatic carbocycles. The Balaban J connectivity index is 2.53. The Kier molecular flexibility index (Phi) is 8.22. The van der Waals surface area contributed by atoms with Crippen molar-refractivity contribution in [2.45, 2.75) is 50.7 Å². The molecule has 1 aromatic carbocycles. The average molecular weight is 407 g/mol. The van der Waals surface area contributed by atoms with Crippen LogP contribution < -0.4 is 16.2 Å². The third-order valence-corrected chi connectivity index (χ3v) is 4.19. The van der Waals surface area contributed by atoms with E-state index >= 15 is 0 Å². The number of aliphatic hydroxyl groups excluding tert-OH is 1. The summed E-state index contributed by atoms with van der Waals surface area (Å²) >= 11 is 0. The van der Waals surface area contributed by atoms with E-state index in [1.54, 1.807) is 0 Å². The lowest BCUT2D eigenvalue weighted by atomic mass is 9.89. The molecule has 0 saturated heterocycles. The van der Waals surface area contributed by atoms with Crippen molar-refractivity contribution in [1.29, 1.82) is 0 Å². The van der Waals surface area contributed by atoms with Crippen LogP contribution in [0.15, 0.2) is 24.3 Å². The molecule has 0 saturated carbocycles. The van der Waals surface area contributed by atoms with Gasteiger partial charge < -0.3 is 21.3 Å². The van der Waals surface area contributed by atoms with Gasteiger partial charge in [0.1, 0.15) is 5.75 Å². The summed E-state index contributed by atoms with van der Waals surface area (Å²) in [5.74, 6) is -3.14. The predicted molar refractivity (Wildman–Crippen MR) is 92.4 cm³/mol. The van der Waals surface area contributed by atoms with Crippen LogP contribution in [0.1, 0.15) is 31.7 Å². The van der Waals surface area contributed by atoms with Gasteiger partial charge in [-0.25, -0.2) is 4.39 Å². The number of nitrogens with two attached hydrogens (primary N) is 2. The van der Waals surface area contributed by atoms with Gasteiger partial charge in [-0.15, -0.1) is 13.2 Å². The second-order valence-corrected chi connectivity index (χ2v) is 6.63. The number of primary amides is 2. The van der Waals surface area contributed by atoms with E-state index in [-0.39, 0.29) is 31.4 Å². The molecule has 5 N–H and O–H groups in total. The molecule has 6 nitrogen and oxygen atoms in total. The monoisotopic (exact) mass is 407 g/mol. The number of hydrogen-bond donors (Lipinski definition) is 3. The van der Waals surface area contributed by atoms with Crippen LogP contribution in [0.5, 0.6) is 5.75 Å². The zero-order chi connectivity index (χ0) is 21.5. The predicted octanol–water partition coefficient (Wildman–Crippen LogP) is 2.18. The smallest absolute Gasteiger partial charge is 0.406 e. The number of ether oxygens (including phenoxy) is 1.